The van der Waals surface area contributed by atoms with Crippen LogP contribution in [0.15, 0.2) is 160 Å². The van der Waals surface area contributed by atoms with Gasteiger partial charge in [0.1, 0.15) is 23.3 Å². The number of hydrogen-bond donors (Lipinski definition) is 1. The second-order valence-corrected chi connectivity index (χ2v) is 14.1. The van der Waals surface area contributed by atoms with Gasteiger partial charge >= 0.3 is 0 Å². The van der Waals surface area contributed by atoms with Gasteiger partial charge in [-0.15, -0.1) is 0 Å². The lowest BCUT2D eigenvalue weighted by atomic mass is 9.71. The first-order valence-corrected chi connectivity index (χ1v) is 17.9. The van der Waals surface area contributed by atoms with Gasteiger partial charge in [-0.1, -0.05) is 115 Å². The molecule has 4 nitrogen and oxygen atoms in total. The average Bonchev–Trinajstić information content (AvgIpc) is 3.72. The molecule has 11 rings (SSSR count). The van der Waals surface area contributed by atoms with Gasteiger partial charge in [0.2, 0.25) is 0 Å². The molecule has 2 aromatic heterocycles. The van der Waals surface area contributed by atoms with Crippen LogP contribution in [-0.2, 0) is 6.42 Å². The molecule has 4 atom stereocenters. The van der Waals surface area contributed by atoms with Crippen molar-refractivity contribution in [2.75, 3.05) is 0 Å². The molecule has 4 unspecified atom stereocenters. The molecule has 0 radical (unpaired) electrons. The maximum absolute atomic E-state index is 6.94. The van der Waals surface area contributed by atoms with Crippen LogP contribution in [0.2, 0.25) is 0 Å². The maximum atomic E-state index is 6.94. The lowest BCUT2D eigenvalue weighted by molar-refractivity contribution is 0.552. The molecule has 50 heavy (non-hydrogen) atoms. The number of fused-ring (bicyclic) bond motifs is 10. The SMILES string of the molecule is C1=CC2=Cc3c(c4ccccc4n3C3NC(c4cccc5c6c(oc45)C=C(C4=CCCC=C4)C4C=CC=CC64)=Nc4ccccc43)CC2C=C1. The summed E-state index contributed by atoms with van der Waals surface area (Å²) in [6.45, 7) is 0. The van der Waals surface area contributed by atoms with Gasteiger partial charge in [0.25, 0.3) is 0 Å². The van der Waals surface area contributed by atoms with Crippen molar-refractivity contribution >= 4 is 45.5 Å². The fourth-order valence-electron chi connectivity index (χ4n) is 9.16. The maximum Gasteiger partial charge on any atom is 0.146 e. The number of amidine groups is 1. The van der Waals surface area contributed by atoms with Crippen molar-refractivity contribution in [2.24, 2.45) is 16.8 Å². The molecular formula is C46H35N3O. The number of aromatic nitrogens is 1. The summed E-state index contributed by atoms with van der Waals surface area (Å²) in [4.78, 5) is 5.30. The second kappa shape index (κ2) is 10.8. The number of nitrogens with one attached hydrogen (secondary N) is 1. The fourth-order valence-corrected chi connectivity index (χ4v) is 9.16. The molecule has 5 aliphatic carbocycles. The highest BCUT2D eigenvalue weighted by molar-refractivity contribution is 6.11. The summed E-state index contributed by atoms with van der Waals surface area (Å²) in [6, 6.07) is 24.0. The van der Waals surface area contributed by atoms with Gasteiger partial charge in [-0.25, -0.2) is 4.99 Å². The minimum absolute atomic E-state index is 0.156. The summed E-state index contributed by atoms with van der Waals surface area (Å²) < 4.78 is 9.45. The van der Waals surface area contributed by atoms with Crippen LogP contribution >= 0.6 is 0 Å². The van der Waals surface area contributed by atoms with Crippen LogP contribution in [0, 0.1) is 11.8 Å². The molecule has 5 aromatic rings. The largest absolute Gasteiger partial charge is 0.456 e. The normalized spacial score (nSPS) is 24.0. The number of furan rings is 1. The number of allylic oxidation sites excluding steroid dienone is 14. The van der Waals surface area contributed by atoms with E-state index in [1.54, 1.807) is 0 Å². The standard InChI is InChI=1S/C46H35N3O/c1-2-13-28(14-3-1)37-27-42-43(33-19-7-6-17-31(33)37)35-21-12-22-36(44(35)50-42)45-47-39-23-10-8-20-34(39)46(48-45)49-40-24-11-9-18-32(40)38-25-29-15-4-5-16-30(29)26-41(38)49/h2,4-24,26-27,29,31,33,46H,1,3,25H2,(H,47,48). The number of hydrogen-bond acceptors (Lipinski definition) is 3. The van der Waals surface area contributed by atoms with E-state index in [0.717, 1.165) is 58.6 Å². The number of para-hydroxylation sites is 3. The van der Waals surface area contributed by atoms with Crippen molar-refractivity contribution in [3.63, 3.8) is 0 Å². The monoisotopic (exact) mass is 645 g/mol. The van der Waals surface area contributed by atoms with E-state index >= 15 is 0 Å². The van der Waals surface area contributed by atoms with Crippen LogP contribution in [0.4, 0.5) is 5.69 Å². The molecule has 0 saturated heterocycles. The van der Waals surface area contributed by atoms with E-state index in [9.17, 15) is 0 Å². The van der Waals surface area contributed by atoms with E-state index in [1.165, 1.54) is 44.4 Å². The first kappa shape index (κ1) is 28.0. The Labute approximate surface area is 291 Å². The number of rotatable bonds is 3. The van der Waals surface area contributed by atoms with E-state index < -0.39 is 0 Å². The molecule has 1 N–H and O–H groups in total. The van der Waals surface area contributed by atoms with E-state index in [0.29, 0.717) is 5.92 Å². The second-order valence-electron chi connectivity index (χ2n) is 14.1. The van der Waals surface area contributed by atoms with Crippen molar-refractivity contribution in [2.45, 2.75) is 31.3 Å². The summed E-state index contributed by atoms with van der Waals surface area (Å²) in [6.07, 6.45) is 32.7. The van der Waals surface area contributed by atoms with Crippen molar-refractivity contribution < 1.29 is 4.42 Å². The molecule has 1 aliphatic heterocycles. The third-order valence-corrected chi connectivity index (χ3v) is 11.4. The van der Waals surface area contributed by atoms with Gasteiger partial charge < -0.3 is 14.3 Å². The number of nitrogens with zero attached hydrogens (tertiary/aromatic N) is 2. The zero-order valence-electron chi connectivity index (χ0n) is 27.6. The van der Waals surface area contributed by atoms with Crippen LogP contribution in [0.25, 0.3) is 34.0 Å². The van der Waals surface area contributed by atoms with E-state index in [1.807, 2.05) is 0 Å². The van der Waals surface area contributed by atoms with Gasteiger partial charge in [0.05, 0.1) is 16.8 Å². The van der Waals surface area contributed by atoms with Crippen LogP contribution in [0.3, 0.4) is 0 Å². The minimum Gasteiger partial charge on any atom is -0.456 e. The molecule has 0 amide bonds. The molecule has 0 fully saturated rings. The van der Waals surface area contributed by atoms with Crippen LogP contribution in [-0.4, -0.2) is 10.4 Å². The Morgan fingerprint density at radius 3 is 2.58 bits per heavy atom. The first-order chi connectivity index (χ1) is 24.8. The molecular weight excluding hydrogens is 611 g/mol. The predicted octanol–water partition coefficient (Wildman–Crippen LogP) is 10.8. The van der Waals surface area contributed by atoms with Crippen LogP contribution in [0.5, 0.6) is 0 Å². The first-order valence-electron chi connectivity index (χ1n) is 17.9. The summed E-state index contributed by atoms with van der Waals surface area (Å²) in [7, 11) is 0. The summed E-state index contributed by atoms with van der Waals surface area (Å²) in [5, 5.41) is 6.44. The number of benzene rings is 3. The van der Waals surface area contributed by atoms with Crippen LogP contribution in [0.1, 0.15) is 58.6 Å². The Morgan fingerprint density at radius 2 is 1.64 bits per heavy atom. The predicted molar refractivity (Wildman–Crippen MR) is 204 cm³/mol. The summed E-state index contributed by atoms with van der Waals surface area (Å²) >= 11 is 0. The molecule has 240 valence electrons. The van der Waals surface area contributed by atoms with Gasteiger partial charge in [-0.3, -0.25) is 0 Å². The molecule has 0 bridgehead atoms. The molecule has 3 aromatic carbocycles. The van der Waals surface area contributed by atoms with Gasteiger partial charge in [0, 0.05) is 45.3 Å². The fraction of sp³-hybridized carbons (Fsp3) is 0.152. The Morgan fingerprint density at radius 1 is 0.780 bits per heavy atom. The zero-order chi connectivity index (χ0) is 32.8. The number of aliphatic imine (C=N–C) groups is 1. The Hall–Kier alpha value is -5.87. The highest BCUT2D eigenvalue weighted by atomic mass is 16.3. The summed E-state index contributed by atoms with van der Waals surface area (Å²) in [5.74, 6) is 2.70. The minimum atomic E-state index is -0.156. The van der Waals surface area contributed by atoms with Crippen molar-refractivity contribution in [3.8, 4) is 0 Å². The van der Waals surface area contributed by atoms with Crippen molar-refractivity contribution in [3.05, 3.63) is 184 Å². The Kier molecular flexibility index (Phi) is 6.06. The van der Waals surface area contributed by atoms with Crippen molar-refractivity contribution in [1.82, 2.24) is 9.88 Å². The molecule has 4 heteroatoms. The Bertz CT molecular complexity index is 2570. The average molecular weight is 646 g/mol. The van der Waals surface area contributed by atoms with E-state index in [-0.39, 0.29) is 18.0 Å². The third-order valence-electron chi connectivity index (χ3n) is 11.4. The zero-order valence-corrected chi connectivity index (χ0v) is 27.6. The smallest absolute Gasteiger partial charge is 0.146 e. The van der Waals surface area contributed by atoms with Gasteiger partial charge in [-0.2, -0.15) is 0 Å². The topological polar surface area (TPSA) is 42.5 Å². The molecule has 0 spiro atoms. The lowest BCUT2D eigenvalue weighted by Crippen LogP contribution is -2.37. The van der Waals surface area contributed by atoms with Gasteiger partial charge in [-0.05, 0) is 71.9 Å². The molecule has 3 heterocycles. The lowest BCUT2D eigenvalue weighted by Gasteiger charge is -2.31. The van der Waals surface area contributed by atoms with Crippen molar-refractivity contribution in [1.29, 1.82) is 0 Å². The van der Waals surface area contributed by atoms with E-state index in [2.05, 4.69) is 156 Å². The highest BCUT2D eigenvalue weighted by Crippen LogP contribution is 2.49. The van der Waals surface area contributed by atoms with Gasteiger partial charge in [0.15, 0.2) is 0 Å². The van der Waals surface area contributed by atoms with E-state index in [4.69, 9.17) is 9.41 Å². The highest BCUT2D eigenvalue weighted by Gasteiger charge is 2.36. The summed E-state index contributed by atoms with van der Waals surface area (Å²) in [5.41, 5.74) is 13.2. The third kappa shape index (κ3) is 4.08. The Balaban J connectivity index is 1.09. The quantitative estimate of drug-likeness (QED) is 0.212. The van der Waals surface area contributed by atoms with Crippen LogP contribution < -0.4 is 5.32 Å². The molecule has 0 saturated carbocycles. The molecule has 6 aliphatic rings.